The van der Waals surface area contributed by atoms with Crippen LogP contribution in [0.4, 0.5) is 4.79 Å². The van der Waals surface area contributed by atoms with Crippen molar-refractivity contribution in [3.05, 3.63) is 23.8 Å². The minimum atomic E-state index is -0.889. The molecule has 0 saturated carbocycles. The highest BCUT2D eigenvalue weighted by Gasteiger charge is 2.25. The second kappa shape index (κ2) is 18.5. The van der Waals surface area contributed by atoms with Gasteiger partial charge in [-0.1, -0.05) is 33.8 Å². The number of carbonyl (C=O) groups excluding carboxylic acids is 2. The molecule has 0 spiro atoms. The molecule has 0 bridgehead atoms. The lowest BCUT2D eigenvalue weighted by atomic mass is 9.83. The van der Waals surface area contributed by atoms with Gasteiger partial charge < -0.3 is 29.8 Å². The van der Waals surface area contributed by atoms with E-state index in [2.05, 4.69) is 18.6 Å². The summed E-state index contributed by atoms with van der Waals surface area (Å²) in [5.74, 6) is 0.626. The summed E-state index contributed by atoms with van der Waals surface area (Å²) in [6.45, 7) is 14.5. The van der Waals surface area contributed by atoms with Crippen molar-refractivity contribution in [2.24, 2.45) is 29.4 Å². The number of hydrogen-bond donors (Lipinski definition) is 2. The van der Waals surface area contributed by atoms with E-state index in [1.165, 1.54) is 0 Å². The number of ether oxygens (including phenoxy) is 4. The zero-order valence-electron chi connectivity index (χ0n) is 25.4. The summed E-state index contributed by atoms with van der Waals surface area (Å²) in [7, 11) is 3.30. The first-order valence-electron chi connectivity index (χ1n) is 13.6. The van der Waals surface area contributed by atoms with Crippen molar-refractivity contribution in [2.75, 3.05) is 27.4 Å². The first-order valence-corrected chi connectivity index (χ1v) is 13.6. The Hall–Kier alpha value is -2.81. The van der Waals surface area contributed by atoms with Crippen molar-refractivity contribution in [1.82, 2.24) is 0 Å². The second-order valence-corrected chi connectivity index (χ2v) is 11.4. The number of methoxy groups -OCH3 is 2. The van der Waals surface area contributed by atoms with Crippen LogP contribution in [0.5, 0.6) is 11.5 Å². The van der Waals surface area contributed by atoms with E-state index in [0.29, 0.717) is 37.2 Å². The molecule has 0 aliphatic rings. The summed E-state index contributed by atoms with van der Waals surface area (Å²) in [5, 5.41) is 9.33. The number of carboxylic acid groups (broad SMARTS) is 1. The second-order valence-electron chi connectivity index (χ2n) is 11.4. The molecular formula is C30H51NO8. The molecule has 3 N–H and O–H groups in total. The van der Waals surface area contributed by atoms with Crippen LogP contribution in [0.15, 0.2) is 18.2 Å². The van der Waals surface area contributed by atoms with Gasteiger partial charge in [-0.25, -0.2) is 4.79 Å². The van der Waals surface area contributed by atoms with E-state index in [1.54, 1.807) is 35.0 Å². The Morgan fingerprint density at radius 2 is 1.62 bits per heavy atom. The molecule has 1 unspecified atom stereocenters. The van der Waals surface area contributed by atoms with Gasteiger partial charge in [-0.3, -0.25) is 9.59 Å². The summed E-state index contributed by atoms with van der Waals surface area (Å²) in [5.41, 5.74) is 5.40. The molecule has 2 atom stereocenters. The van der Waals surface area contributed by atoms with Crippen molar-refractivity contribution < 1.29 is 38.4 Å². The first-order chi connectivity index (χ1) is 18.1. The number of aliphatic carboxylic acids is 1. The fourth-order valence-corrected chi connectivity index (χ4v) is 3.92. The van der Waals surface area contributed by atoms with Crippen LogP contribution in [0, 0.1) is 23.7 Å². The Kier molecular flexibility index (Phi) is 17.1. The number of ketones is 1. The highest BCUT2D eigenvalue weighted by molar-refractivity contribution is 5.83. The zero-order valence-corrected chi connectivity index (χ0v) is 25.4. The molecule has 39 heavy (non-hydrogen) atoms. The molecular weight excluding hydrogens is 502 g/mol. The minimum Gasteiger partial charge on any atom is -0.493 e. The molecule has 1 rings (SSSR count). The zero-order chi connectivity index (χ0) is 30.2. The maximum Gasteiger partial charge on any atom is 0.405 e. The fourth-order valence-electron chi connectivity index (χ4n) is 3.92. The van der Waals surface area contributed by atoms with E-state index in [1.807, 2.05) is 32.0 Å². The standard InChI is InChI=1S/C25H40O6.C5H11NO2/c1-17(2)20(9-10-21(26)16-22(18(3)4)25(27)28)14-19-8-11-23(30-6)24(15-19)31-13-7-12-29-5;1-5(2,3)8-4(6)7/h8,11,15,17-18,20,22H,7,9-10,12-14,16H2,1-6H3,(H,27,28);1-3H3,(H2,6,7)/t20?,22-;/m0./s1. The van der Waals surface area contributed by atoms with Crippen molar-refractivity contribution in [3.8, 4) is 11.5 Å². The summed E-state index contributed by atoms with van der Waals surface area (Å²) in [6.07, 6.45) is 2.18. The molecule has 9 heteroatoms. The predicted molar refractivity (Wildman–Crippen MR) is 152 cm³/mol. The number of benzene rings is 1. The Bertz CT molecular complexity index is 876. The van der Waals surface area contributed by atoms with Gasteiger partial charge in [0.15, 0.2) is 11.5 Å². The van der Waals surface area contributed by atoms with E-state index in [-0.39, 0.29) is 18.1 Å². The number of nitrogens with two attached hydrogens (primary N) is 1. The summed E-state index contributed by atoms with van der Waals surface area (Å²) >= 11 is 0. The van der Waals surface area contributed by atoms with Crippen molar-refractivity contribution in [2.45, 2.75) is 86.2 Å². The van der Waals surface area contributed by atoms with Crippen LogP contribution in [-0.2, 0) is 25.5 Å². The molecule has 0 aliphatic heterocycles. The van der Waals surface area contributed by atoms with Crippen LogP contribution in [0.1, 0.15) is 79.7 Å². The number of amides is 1. The minimum absolute atomic E-state index is 0.0312. The fraction of sp³-hybridized carbons (Fsp3) is 0.700. The third-order valence-electron chi connectivity index (χ3n) is 6.19. The van der Waals surface area contributed by atoms with Gasteiger partial charge in [0.25, 0.3) is 0 Å². The van der Waals surface area contributed by atoms with Gasteiger partial charge in [0, 0.05) is 33.0 Å². The van der Waals surface area contributed by atoms with Crippen LogP contribution in [0.3, 0.4) is 0 Å². The van der Waals surface area contributed by atoms with Crippen molar-refractivity contribution in [1.29, 1.82) is 0 Å². The van der Waals surface area contributed by atoms with E-state index in [9.17, 15) is 19.5 Å². The third-order valence-corrected chi connectivity index (χ3v) is 6.19. The van der Waals surface area contributed by atoms with Crippen LogP contribution >= 0.6 is 0 Å². The van der Waals surface area contributed by atoms with Gasteiger partial charge in [-0.05, 0) is 69.1 Å². The number of carbonyl (C=O) groups is 3. The van der Waals surface area contributed by atoms with Gasteiger partial charge in [0.05, 0.1) is 19.6 Å². The number of hydrogen-bond acceptors (Lipinski definition) is 7. The average molecular weight is 554 g/mol. The van der Waals surface area contributed by atoms with E-state index in [4.69, 9.17) is 19.9 Å². The normalized spacial score (nSPS) is 12.8. The summed E-state index contributed by atoms with van der Waals surface area (Å²) in [4.78, 5) is 33.8. The smallest absolute Gasteiger partial charge is 0.405 e. The number of primary amides is 1. The molecule has 0 heterocycles. The molecule has 1 aromatic carbocycles. The van der Waals surface area contributed by atoms with Gasteiger partial charge >= 0.3 is 12.1 Å². The highest BCUT2D eigenvalue weighted by Crippen LogP contribution is 2.31. The Morgan fingerprint density at radius 3 is 2.05 bits per heavy atom. The molecule has 0 saturated heterocycles. The average Bonchev–Trinajstić information content (AvgIpc) is 2.81. The van der Waals surface area contributed by atoms with Crippen LogP contribution in [-0.4, -0.2) is 56.0 Å². The van der Waals surface area contributed by atoms with Gasteiger partial charge in [0.2, 0.25) is 0 Å². The van der Waals surface area contributed by atoms with E-state index in [0.717, 1.165) is 30.6 Å². The van der Waals surface area contributed by atoms with Crippen molar-refractivity contribution >= 4 is 17.8 Å². The van der Waals surface area contributed by atoms with Crippen molar-refractivity contribution in [3.63, 3.8) is 0 Å². The molecule has 224 valence electrons. The molecule has 1 aromatic rings. The summed E-state index contributed by atoms with van der Waals surface area (Å²) in [6, 6.07) is 5.98. The molecule has 0 radical (unpaired) electrons. The van der Waals surface area contributed by atoms with Crippen LogP contribution in [0.25, 0.3) is 0 Å². The third kappa shape index (κ3) is 16.7. The van der Waals surface area contributed by atoms with E-state index < -0.39 is 23.6 Å². The Balaban J connectivity index is 0.00000156. The lowest BCUT2D eigenvalue weighted by Crippen LogP contribution is -2.27. The monoisotopic (exact) mass is 553 g/mol. The summed E-state index contributed by atoms with van der Waals surface area (Å²) < 4.78 is 20.9. The van der Waals surface area contributed by atoms with Gasteiger partial charge in [-0.2, -0.15) is 0 Å². The lowest BCUT2D eigenvalue weighted by Gasteiger charge is -2.22. The molecule has 0 aromatic heterocycles. The quantitative estimate of drug-likeness (QED) is 0.242. The highest BCUT2D eigenvalue weighted by atomic mass is 16.6. The Morgan fingerprint density at radius 1 is 0.974 bits per heavy atom. The SMILES string of the molecule is CC(C)(C)OC(N)=O.COCCCOc1cc(CC(CCC(=O)C[C@H](C(=O)O)C(C)C)C(C)C)ccc1OC. The van der Waals surface area contributed by atoms with Gasteiger partial charge in [0.1, 0.15) is 11.4 Å². The molecule has 0 fully saturated rings. The first kappa shape index (κ1) is 36.2. The number of carboxylic acids is 1. The predicted octanol–water partition coefficient (Wildman–Crippen LogP) is 5.90. The largest absolute Gasteiger partial charge is 0.493 e. The van der Waals surface area contributed by atoms with Crippen LogP contribution in [0.2, 0.25) is 0 Å². The Labute approximate surface area is 234 Å². The lowest BCUT2D eigenvalue weighted by molar-refractivity contribution is -0.145. The van der Waals surface area contributed by atoms with E-state index >= 15 is 0 Å². The number of Topliss-reactive ketones (excluding diaryl/α,β-unsaturated/α-hetero) is 1. The molecule has 9 nitrogen and oxygen atoms in total. The van der Waals surface area contributed by atoms with Gasteiger partial charge in [-0.15, -0.1) is 0 Å². The topological polar surface area (TPSA) is 134 Å². The van der Waals surface area contributed by atoms with Crippen LogP contribution < -0.4 is 15.2 Å². The maximum absolute atomic E-state index is 12.4. The maximum atomic E-state index is 12.4. The molecule has 1 amide bonds. The molecule has 0 aliphatic carbocycles. The number of rotatable bonds is 16.